The smallest absolute Gasteiger partial charge is 0.176 e. The minimum atomic E-state index is -0.576. The second-order valence-corrected chi connectivity index (χ2v) is 10.0. The molecule has 0 aliphatic carbocycles. The number of methoxy groups -OCH3 is 1. The number of anilines is 1. The SMILES string of the molecule is COc1ccccc1N1CCN(C2C3OCC(O3)C(NCc3ccc(-c4ccccc4)cc3)C2O)CC1. The van der Waals surface area contributed by atoms with Crippen molar-refractivity contribution in [2.45, 2.75) is 37.1 Å². The second kappa shape index (κ2) is 10.8. The number of benzene rings is 3. The van der Waals surface area contributed by atoms with Crippen molar-refractivity contribution in [2.24, 2.45) is 0 Å². The lowest BCUT2D eigenvalue weighted by Gasteiger charge is -2.47. The molecule has 7 nitrogen and oxygen atoms in total. The first-order valence-electron chi connectivity index (χ1n) is 13.2. The zero-order chi connectivity index (χ0) is 25.2. The Bertz CT molecular complexity index is 1170. The molecule has 5 atom stereocenters. The first kappa shape index (κ1) is 24.4. The minimum Gasteiger partial charge on any atom is -0.495 e. The molecule has 0 saturated carbocycles. The molecule has 3 aromatic rings. The first-order valence-corrected chi connectivity index (χ1v) is 13.2. The Morgan fingerprint density at radius 1 is 0.892 bits per heavy atom. The van der Waals surface area contributed by atoms with Crippen molar-refractivity contribution in [3.05, 3.63) is 84.4 Å². The highest BCUT2D eigenvalue weighted by atomic mass is 16.7. The average Bonchev–Trinajstić information content (AvgIpc) is 3.39. The van der Waals surface area contributed by atoms with Crippen LogP contribution in [0.3, 0.4) is 0 Å². The Balaban J connectivity index is 1.09. The molecule has 0 amide bonds. The van der Waals surface area contributed by atoms with Crippen molar-refractivity contribution in [3.8, 4) is 16.9 Å². The largest absolute Gasteiger partial charge is 0.495 e. The molecule has 3 heterocycles. The number of ether oxygens (including phenoxy) is 3. The average molecular weight is 502 g/mol. The zero-order valence-electron chi connectivity index (χ0n) is 21.2. The Hall–Kier alpha value is -2.94. The number of aliphatic hydroxyl groups excluding tert-OH is 1. The fourth-order valence-electron chi connectivity index (χ4n) is 5.87. The van der Waals surface area contributed by atoms with E-state index in [1.807, 2.05) is 24.3 Å². The Kier molecular flexibility index (Phi) is 7.13. The highest BCUT2D eigenvalue weighted by Gasteiger charge is 2.52. The van der Waals surface area contributed by atoms with Crippen LogP contribution in [-0.4, -0.2) is 80.5 Å². The van der Waals surface area contributed by atoms with Gasteiger partial charge in [-0.1, -0.05) is 66.7 Å². The Morgan fingerprint density at radius 2 is 1.59 bits per heavy atom. The number of nitrogens with one attached hydrogen (secondary N) is 1. The molecule has 2 N–H and O–H groups in total. The van der Waals surface area contributed by atoms with E-state index in [9.17, 15) is 5.11 Å². The van der Waals surface area contributed by atoms with Crippen molar-refractivity contribution >= 4 is 5.69 Å². The van der Waals surface area contributed by atoms with Gasteiger partial charge in [0.05, 0.1) is 37.6 Å². The van der Waals surface area contributed by atoms with Crippen molar-refractivity contribution in [1.29, 1.82) is 0 Å². The second-order valence-electron chi connectivity index (χ2n) is 10.0. The highest BCUT2D eigenvalue weighted by Crippen LogP contribution is 2.34. The number of piperazine rings is 1. The van der Waals surface area contributed by atoms with E-state index in [1.165, 1.54) is 16.7 Å². The topological polar surface area (TPSA) is 66.4 Å². The summed E-state index contributed by atoms with van der Waals surface area (Å²) >= 11 is 0. The summed E-state index contributed by atoms with van der Waals surface area (Å²) in [6.07, 6.45) is -1.11. The molecule has 7 heteroatoms. The molecule has 3 aliphatic rings. The van der Waals surface area contributed by atoms with Crippen LogP contribution in [0.25, 0.3) is 11.1 Å². The van der Waals surface area contributed by atoms with Gasteiger partial charge < -0.3 is 29.5 Å². The van der Waals surface area contributed by atoms with E-state index in [-0.39, 0.29) is 24.5 Å². The quantitative estimate of drug-likeness (QED) is 0.516. The van der Waals surface area contributed by atoms with Crippen LogP contribution in [0.5, 0.6) is 5.75 Å². The molecule has 3 fully saturated rings. The first-order chi connectivity index (χ1) is 18.2. The maximum absolute atomic E-state index is 11.5. The molecule has 3 aliphatic heterocycles. The maximum Gasteiger partial charge on any atom is 0.176 e. The molecule has 0 aromatic heterocycles. The lowest BCUT2D eigenvalue weighted by Crippen LogP contribution is -2.66. The van der Waals surface area contributed by atoms with Crippen LogP contribution in [0.15, 0.2) is 78.9 Å². The lowest BCUT2D eigenvalue weighted by molar-refractivity contribution is -0.183. The molecular weight excluding hydrogens is 466 g/mol. The third kappa shape index (κ3) is 4.98. The summed E-state index contributed by atoms with van der Waals surface area (Å²) in [6, 6.07) is 26.7. The predicted octanol–water partition coefficient (Wildman–Crippen LogP) is 3.13. The fraction of sp³-hybridized carbons (Fsp3) is 0.400. The summed E-state index contributed by atoms with van der Waals surface area (Å²) in [6.45, 7) is 4.51. The van der Waals surface area contributed by atoms with Gasteiger partial charge >= 0.3 is 0 Å². The summed E-state index contributed by atoms with van der Waals surface area (Å²) < 4.78 is 17.8. The molecule has 2 bridgehead atoms. The predicted molar refractivity (Wildman–Crippen MR) is 144 cm³/mol. The standard InChI is InChI=1S/C30H35N3O4/c1-35-25-10-6-5-9-24(25)32-15-17-33(18-16-32)28-29(34)27(26-20-36-30(28)37-26)31-19-21-11-13-23(14-12-21)22-7-3-2-4-8-22/h2-14,26-31,34H,15-20H2,1H3. The van der Waals surface area contributed by atoms with Gasteiger partial charge in [-0.2, -0.15) is 0 Å². The summed E-state index contributed by atoms with van der Waals surface area (Å²) in [5, 5.41) is 15.1. The van der Waals surface area contributed by atoms with Gasteiger partial charge in [0.1, 0.15) is 11.9 Å². The number of hydrogen-bond donors (Lipinski definition) is 2. The van der Waals surface area contributed by atoms with E-state index in [4.69, 9.17) is 14.2 Å². The monoisotopic (exact) mass is 501 g/mol. The van der Waals surface area contributed by atoms with E-state index in [0.717, 1.165) is 37.6 Å². The molecule has 194 valence electrons. The van der Waals surface area contributed by atoms with Crippen LogP contribution < -0.4 is 15.0 Å². The van der Waals surface area contributed by atoms with Gasteiger partial charge in [-0.15, -0.1) is 0 Å². The van der Waals surface area contributed by atoms with Gasteiger partial charge in [-0.3, -0.25) is 4.90 Å². The minimum absolute atomic E-state index is 0.144. The van der Waals surface area contributed by atoms with E-state index in [0.29, 0.717) is 13.2 Å². The van der Waals surface area contributed by atoms with Crippen LogP contribution in [0.2, 0.25) is 0 Å². The van der Waals surface area contributed by atoms with Crippen molar-refractivity contribution in [1.82, 2.24) is 10.2 Å². The molecule has 3 saturated heterocycles. The molecule has 0 spiro atoms. The molecule has 37 heavy (non-hydrogen) atoms. The fourth-order valence-corrected chi connectivity index (χ4v) is 5.87. The number of hydrogen-bond acceptors (Lipinski definition) is 7. The van der Waals surface area contributed by atoms with Crippen LogP contribution in [0.1, 0.15) is 5.56 Å². The van der Waals surface area contributed by atoms with Crippen LogP contribution >= 0.6 is 0 Å². The lowest BCUT2D eigenvalue weighted by atomic mass is 9.94. The van der Waals surface area contributed by atoms with Crippen molar-refractivity contribution in [2.75, 3.05) is 44.8 Å². The number of aliphatic hydroxyl groups is 1. The maximum atomic E-state index is 11.5. The van der Waals surface area contributed by atoms with Crippen LogP contribution in [-0.2, 0) is 16.0 Å². The Morgan fingerprint density at radius 3 is 2.35 bits per heavy atom. The van der Waals surface area contributed by atoms with E-state index < -0.39 is 6.10 Å². The van der Waals surface area contributed by atoms with Gasteiger partial charge in [0.25, 0.3) is 0 Å². The van der Waals surface area contributed by atoms with Crippen molar-refractivity contribution in [3.63, 3.8) is 0 Å². The summed E-state index contributed by atoms with van der Waals surface area (Å²) in [5.74, 6) is 0.889. The summed E-state index contributed by atoms with van der Waals surface area (Å²) in [7, 11) is 1.71. The summed E-state index contributed by atoms with van der Waals surface area (Å²) in [4.78, 5) is 4.67. The molecule has 0 radical (unpaired) electrons. The highest BCUT2D eigenvalue weighted by molar-refractivity contribution is 5.63. The van der Waals surface area contributed by atoms with Gasteiger partial charge in [0, 0.05) is 32.7 Å². The normalized spacial score (nSPS) is 27.8. The Labute approximate surface area is 218 Å². The zero-order valence-corrected chi connectivity index (χ0v) is 21.2. The summed E-state index contributed by atoms with van der Waals surface area (Å²) in [5.41, 5.74) is 4.70. The van der Waals surface area contributed by atoms with E-state index in [1.54, 1.807) is 7.11 Å². The third-order valence-corrected chi connectivity index (χ3v) is 7.90. The molecule has 6 rings (SSSR count). The van der Waals surface area contributed by atoms with E-state index >= 15 is 0 Å². The number of fused-ring (bicyclic) bond motifs is 2. The van der Waals surface area contributed by atoms with Gasteiger partial charge in [0.15, 0.2) is 6.29 Å². The molecule has 5 unspecified atom stereocenters. The van der Waals surface area contributed by atoms with Crippen LogP contribution in [0.4, 0.5) is 5.69 Å². The van der Waals surface area contributed by atoms with Crippen LogP contribution in [0, 0.1) is 0 Å². The van der Waals surface area contributed by atoms with E-state index in [2.05, 4.69) is 69.7 Å². The molecular formula is C30H35N3O4. The van der Waals surface area contributed by atoms with Crippen molar-refractivity contribution < 1.29 is 19.3 Å². The van der Waals surface area contributed by atoms with Gasteiger partial charge in [-0.25, -0.2) is 0 Å². The van der Waals surface area contributed by atoms with Gasteiger partial charge in [-0.05, 0) is 28.8 Å². The molecule has 3 aromatic carbocycles. The van der Waals surface area contributed by atoms with Gasteiger partial charge in [0.2, 0.25) is 0 Å². The number of rotatable bonds is 7. The number of para-hydroxylation sites is 2. The number of nitrogens with zero attached hydrogens (tertiary/aromatic N) is 2. The third-order valence-electron chi connectivity index (χ3n) is 7.90.